The van der Waals surface area contributed by atoms with Gasteiger partial charge in [-0.15, -0.1) is 11.8 Å². The molecular weight excluding hydrogens is 332 g/mol. The molecule has 8 heteroatoms. The van der Waals surface area contributed by atoms with Crippen LogP contribution in [0.25, 0.3) is 0 Å². The summed E-state index contributed by atoms with van der Waals surface area (Å²) in [6, 6.07) is 4.31. The molecule has 2 nitrogen and oxygen atoms in total. The fraction of sp³-hybridized carbons (Fsp3) is 0.167. The number of halogens is 5. The van der Waals surface area contributed by atoms with Gasteiger partial charge < -0.3 is 0 Å². The van der Waals surface area contributed by atoms with Crippen molar-refractivity contribution in [3.8, 4) is 0 Å². The van der Waals surface area contributed by atoms with Gasteiger partial charge in [-0.2, -0.15) is 13.2 Å². The lowest BCUT2D eigenvalue weighted by molar-refractivity contribution is -0.137. The summed E-state index contributed by atoms with van der Waals surface area (Å²) in [5.41, 5.74) is 0.0200. The zero-order chi connectivity index (χ0) is 14.8. The summed E-state index contributed by atoms with van der Waals surface area (Å²) in [6.07, 6.45) is -2.12. The highest BCUT2D eigenvalue weighted by Gasteiger charge is 2.31. The molecule has 0 saturated heterocycles. The van der Waals surface area contributed by atoms with Crippen molar-refractivity contribution in [2.75, 3.05) is 0 Å². The molecule has 0 fully saturated rings. The summed E-state index contributed by atoms with van der Waals surface area (Å²) >= 11 is 12.8. The lowest BCUT2D eigenvalue weighted by atomic mass is 10.3. The Kier molecular flexibility index (Phi) is 4.78. The fourth-order valence-corrected chi connectivity index (χ4v) is 2.70. The van der Waals surface area contributed by atoms with Crippen LogP contribution in [0.3, 0.4) is 0 Å². The lowest BCUT2D eigenvalue weighted by Gasteiger charge is -2.08. The second-order valence-corrected chi connectivity index (χ2v) is 5.54. The van der Waals surface area contributed by atoms with Gasteiger partial charge in [-0.05, 0) is 23.8 Å². The first-order valence-electron chi connectivity index (χ1n) is 5.32. The molecule has 0 aliphatic heterocycles. The molecule has 2 aromatic heterocycles. The summed E-state index contributed by atoms with van der Waals surface area (Å²) in [5.74, 6) is 0.486. The molecule has 0 spiro atoms. The molecule has 0 amide bonds. The molecule has 20 heavy (non-hydrogen) atoms. The average molecular weight is 339 g/mol. The standard InChI is InChI=1S/C12H7Cl2F3N2S/c13-9-4-8(12(15,16)17)5-19-11(9)20-6-7-1-2-18-10(14)3-7/h1-5H,6H2. The maximum atomic E-state index is 12.5. The maximum Gasteiger partial charge on any atom is 0.417 e. The van der Waals surface area contributed by atoms with Gasteiger partial charge in [0.15, 0.2) is 0 Å². The van der Waals surface area contributed by atoms with Crippen molar-refractivity contribution in [1.29, 1.82) is 0 Å². The van der Waals surface area contributed by atoms with Gasteiger partial charge in [0.2, 0.25) is 0 Å². The van der Waals surface area contributed by atoms with Gasteiger partial charge in [0.05, 0.1) is 10.6 Å². The van der Waals surface area contributed by atoms with Crippen LogP contribution in [0.2, 0.25) is 10.2 Å². The predicted molar refractivity (Wildman–Crippen MR) is 73.1 cm³/mol. The number of nitrogens with zero attached hydrogens (tertiary/aromatic N) is 2. The van der Waals surface area contributed by atoms with E-state index in [1.54, 1.807) is 18.3 Å². The zero-order valence-corrected chi connectivity index (χ0v) is 12.1. The predicted octanol–water partition coefficient (Wildman–Crippen LogP) is 5.09. The Morgan fingerprint density at radius 1 is 1.15 bits per heavy atom. The van der Waals surface area contributed by atoms with Crippen LogP contribution < -0.4 is 0 Å². The number of pyridine rings is 2. The highest BCUT2D eigenvalue weighted by atomic mass is 35.5. The van der Waals surface area contributed by atoms with Crippen LogP contribution in [0.4, 0.5) is 13.2 Å². The Morgan fingerprint density at radius 2 is 1.90 bits per heavy atom. The smallest absolute Gasteiger partial charge is 0.248 e. The summed E-state index contributed by atoms with van der Waals surface area (Å²) in [5, 5.41) is 0.673. The molecule has 2 rings (SSSR count). The second-order valence-electron chi connectivity index (χ2n) is 3.78. The first-order valence-corrected chi connectivity index (χ1v) is 7.06. The zero-order valence-electron chi connectivity index (χ0n) is 9.79. The van der Waals surface area contributed by atoms with Crippen LogP contribution in [0.5, 0.6) is 0 Å². The Labute approximate surface area is 127 Å². The molecule has 0 aliphatic rings. The maximum absolute atomic E-state index is 12.5. The fourth-order valence-electron chi connectivity index (χ4n) is 1.37. The van der Waals surface area contributed by atoms with E-state index in [9.17, 15) is 13.2 Å². The molecule has 0 atom stereocenters. The molecule has 0 radical (unpaired) electrons. The number of thioether (sulfide) groups is 1. The van der Waals surface area contributed by atoms with E-state index in [0.29, 0.717) is 15.9 Å². The minimum absolute atomic E-state index is 0.0232. The molecule has 106 valence electrons. The molecule has 2 aromatic rings. The third-order valence-corrected chi connectivity index (χ3v) is 3.98. The van der Waals surface area contributed by atoms with Crippen LogP contribution in [-0.4, -0.2) is 9.97 Å². The highest BCUT2D eigenvalue weighted by molar-refractivity contribution is 7.98. The van der Waals surface area contributed by atoms with E-state index in [1.807, 2.05) is 0 Å². The van der Waals surface area contributed by atoms with Crippen molar-refractivity contribution in [1.82, 2.24) is 9.97 Å². The second kappa shape index (κ2) is 6.20. The third-order valence-electron chi connectivity index (χ3n) is 2.30. The molecule has 0 N–H and O–H groups in total. The highest BCUT2D eigenvalue weighted by Crippen LogP contribution is 2.34. The molecule has 2 heterocycles. The van der Waals surface area contributed by atoms with Crippen molar-refractivity contribution in [3.05, 3.63) is 51.9 Å². The topological polar surface area (TPSA) is 25.8 Å². The number of aromatic nitrogens is 2. The van der Waals surface area contributed by atoms with E-state index in [-0.39, 0.29) is 5.02 Å². The third kappa shape index (κ3) is 4.01. The summed E-state index contributed by atoms with van der Waals surface area (Å²) in [6.45, 7) is 0. The van der Waals surface area contributed by atoms with Crippen molar-refractivity contribution in [2.45, 2.75) is 17.0 Å². The van der Waals surface area contributed by atoms with Gasteiger partial charge in [0.25, 0.3) is 0 Å². The minimum atomic E-state index is -4.45. The molecule has 0 aliphatic carbocycles. The first-order chi connectivity index (χ1) is 9.36. The first kappa shape index (κ1) is 15.4. The van der Waals surface area contributed by atoms with E-state index in [4.69, 9.17) is 23.2 Å². The van der Waals surface area contributed by atoms with E-state index >= 15 is 0 Å². The molecule has 0 unspecified atom stereocenters. The van der Waals surface area contributed by atoms with Crippen LogP contribution in [0.1, 0.15) is 11.1 Å². The summed E-state index contributed by atoms with van der Waals surface area (Å²) < 4.78 is 37.4. The number of rotatable bonds is 3. The number of hydrogen-bond donors (Lipinski definition) is 0. The van der Waals surface area contributed by atoms with Gasteiger partial charge >= 0.3 is 6.18 Å². The molecule has 0 saturated carbocycles. The minimum Gasteiger partial charge on any atom is -0.248 e. The Morgan fingerprint density at radius 3 is 2.50 bits per heavy atom. The number of alkyl halides is 3. The molecule has 0 aromatic carbocycles. The van der Waals surface area contributed by atoms with Crippen LogP contribution in [-0.2, 0) is 11.9 Å². The Hall–Kier alpha value is -0.980. The summed E-state index contributed by atoms with van der Waals surface area (Å²) in [7, 11) is 0. The normalized spacial score (nSPS) is 11.7. The Bertz CT molecular complexity index is 620. The monoisotopic (exact) mass is 338 g/mol. The van der Waals surface area contributed by atoms with Gasteiger partial charge in [-0.1, -0.05) is 23.2 Å². The van der Waals surface area contributed by atoms with Gasteiger partial charge in [0, 0.05) is 18.1 Å². The van der Waals surface area contributed by atoms with Crippen LogP contribution in [0.15, 0.2) is 35.6 Å². The van der Waals surface area contributed by atoms with Crippen molar-refractivity contribution in [2.24, 2.45) is 0 Å². The summed E-state index contributed by atoms with van der Waals surface area (Å²) in [4.78, 5) is 7.59. The largest absolute Gasteiger partial charge is 0.417 e. The molecule has 0 bridgehead atoms. The lowest BCUT2D eigenvalue weighted by Crippen LogP contribution is -2.05. The van der Waals surface area contributed by atoms with E-state index < -0.39 is 11.7 Å². The van der Waals surface area contributed by atoms with Crippen molar-refractivity contribution < 1.29 is 13.2 Å². The molecular formula is C12H7Cl2F3N2S. The van der Waals surface area contributed by atoms with Gasteiger partial charge in [-0.25, -0.2) is 9.97 Å². The number of hydrogen-bond acceptors (Lipinski definition) is 3. The van der Waals surface area contributed by atoms with E-state index in [0.717, 1.165) is 17.8 Å². The van der Waals surface area contributed by atoms with E-state index in [2.05, 4.69) is 9.97 Å². The van der Waals surface area contributed by atoms with Crippen molar-refractivity contribution >= 4 is 35.0 Å². The average Bonchev–Trinajstić information content (AvgIpc) is 2.36. The van der Waals surface area contributed by atoms with E-state index in [1.165, 1.54) is 11.8 Å². The van der Waals surface area contributed by atoms with Gasteiger partial charge in [0.1, 0.15) is 10.2 Å². The van der Waals surface area contributed by atoms with Gasteiger partial charge in [-0.3, -0.25) is 0 Å². The van der Waals surface area contributed by atoms with Crippen LogP contribution >= 0.6 is 35.0 Å². The quantitative estimate of drug-likeness (QED) is 0.575. The van der Waals surface area contributed by atoms with Crippen LogP contribution in [0, 0.1) is 0 Å². The van der Waals surface area contributed by atoms with Crippen molar-refractivity contribution in [3.63, 3.8) is 0 Å². The SMILES string of the molecule is FC(F)(F)c1cnc(SCc2ccnc(Cl)c2)c(Cl)c1. The Balaban J connectivity index is 2.11.